The summed E-state index contributed by atoms with van der Waals surface area (Å²) in [6.45, 7) is 7.68. The van der Waals surface area contributed by atoms with E-state index in [1.165, 1.54) is 21.3 Å². The Morgan fingerprint density at radius 3 is 2.00 bits per heavy atom. The van der Waals surface area contributed by atoms with Crippen LogP contribution in [0.15, 0.2) is 60.7 Å². The molecule has 3 N–H and O–H groups in total. The number of amides is 3. The van der Waals surface area contributed by atoms with Gasteiger partial charge in [-0.15, -0.1) is 0 Å². The first-order chi connectivity index (χ1) is 25.8. The number of nitrogens with two attached hydrogens (primary N) is 1. The Labute approximate surface area is 327 Å². The Hall–Kier alpha value is -4.23. The van der Waals surface area contributed by atoms with E-state index in [-0.39, 0.29) is 18.0 Å². The van der Waals surface area contributed by atoms with Gasteiger partial charge in [-0.3, -0.25) is 14.5 Å². The van der Waals surface area contributed by atoms with Gasteiger partial charge in [-0.05, 0) is 74.8 Å². The Morgan fingerprint density at radius 2 is 1.46 bits per heavy atom. The lowest BCUT2D eigenvalue weighted by molar-refractivity contribution is -0.147. The lowest BCUT2D eigenvalue weighted by Gasteiger charge is -2.52. The van der Waals surface area contributed by atoms with Gasteiger partial charge in [0.2, 0.25) is 5.75 Å². The monoisotopic (exact) mass is 783 g/mol. The number of nitrogens with zero attached hydrogens (tertiary/aromatic N) is 4. The zero-order valence-electron chi connectivity index (χ0n) is 31.6. The maximum atomic E-state index is 14.1. The molecule has 6 rings (SSSR count). The van der Waals surface area contributed by atoms with Crippen molar-refractivity contribution in [1.82, 2.24) is 19.6 Å². The fourth-order valence-electron chi connectivity index (χ4n) is 8.24. The molecule has 3 atom stereocenters. The summed E-state index contributed by atoms with van der Waals surface area (Å²) >= 11 is 13.0. The molecule has 12 nitrogen and oxygen atoms in total. The highest BCUT2D eigenvalue weighted by Crippen LogP contribution is 2.50. The Bertz CT molecular complexity index is 1780. The number of hydrogen-bond acceptors (Lipinski definition) is 8. The highest BCUT2D eigenvalue weighted by molar-refractivity contribution is 6.42. The van der Waals surface area contributed by atoms with Gasteiger partial charge in [-0.25, -0.2) is 4.79 Å². The molecule has 0 radical (unpaired) electrons. The smallest absolute Gasteiger partial charge is 0.314 e. The normalized spacial score (nSPS) is 23.3. The number of ether oxygens (including phenoxy) is 3. The summed E-state index contributed by atoms with van der Waals surface area (Å²) in [6, 6.07) is 18.0. The SMILES string of the molecule is CCN1CCC(C(=O)O)(c2ccccc2)CC1C1(c2ccc(Cl)c(Cl)c2)CCN(C(=O)c2cc(OC)c(OC)c(OC)c2)C1.CN1CCN(C(N)=O)CC1. The largest absolute Gasteiger partial charge is 0.493 e. The first-order valence-corrected chi connectivity index (χ1v) is 18.9. The van der Waals surface area contributed by atoms with Crippen molar-refractivity contribution in [2.24, 2.45) is 5.73 Å². The molecule has 0 saturated carbocycles. The van der Waals surface area contributed by atoms with Gasteiger partial charge in [0.15, 0.2) is 11.5 Å². The van der Waals surface area contributed by atoms with Gasteiger partial charge in [0.05, 0.1) is 36.8 Å². The van der Waals surface area contributed by atoms with Crippen LogP contribution < -0.4 is 19.9 Å². The number of hydrogen-bond donors (Lipinski definition) is 2. The predicted octanol–water partition coefficient (Wildman–Crippen LogP) is 5.62. The van der Waals surface area contributed by atoms with Gasteiger partial charge < -0.3 is 39.8 Å². The van der Waals surface area contributed by atoms with E-state index >= 15 is 0 Å². The quantitative estimate of drug-likeness (QED) is 0.283. The third kappa shape index (κ3) is 8.22. The average Bonchev–Trinajstić information content (AvgIpc) is 3.65. The summed E-state index contributed by atoms with van der Waals surface area (Å²) in [6.07, 6.45) is 1.49. The van der Waals surface area contributed by atoms with Crippen LogP contribution in [0.2, 0.25) is 10.0 Å². The number of carbonyl (C=O) groups excluding carboxylic acids is 2. The molecule has 3 saturated heterocycles. The van der Waals surface area contributed by atoms with Crippen LogP contribution in [0.3, 0.4) is 0 Å². The zero-order chi connectivity index (χ0) is 39.2. The number of halogens is 2. The second kappa shape index (κ2) is 17.5. The summed E-state index contributed by atoms with van der Waals surface area (Å²) in [4.78, 5) is 45.9. The van der Waals surface area contributed by atoms with Crippen molar-refractivity contribution in [2.45, 2.75) is 43.1 Å². The summed E-state index contributed by atoms with van der Waals surface area (Å²) in [7, 11) is 6.59. The van der Waals surface area contributed by atoms with E-state index in [2.05, 4.69) is 16.7 Å². The van der Waals surface area contributed by atoms with Crippen molar-refractivity contribution in [3.05, 3.63) is 87.4 Å². The summed E-state index contributed by atoms with van der Waals surface area (Å²) < 4.78 is 16.5. The predicted molar refractivity (Wildman–Crippen MR) is 209 cm³/mol. The lowest BCUT2D eigenvalue weighted by Crippen LogP contribution is -2.60. The highest BCUT2D eigenvalue weighted by atomic mass is 35.5. The van der Waals surface area contributed by atoms with Crippen LogP contribution in [0.1, 0.15) is 47.7 Å². The van der Waals surface area contributed by atoms with Crippen LogP contribution in [-0.4, -0.2) is 129 Å². The molecule has 3 aliphatic rings. The minimum Gasteiger partial charge on any atom is -0.493 e. The third-order valence-corrected chi connectivity index (χ3v) is 12.1. The minimum absolute atomic E-state index is 0.183. The minimum atomic E-state index is -1.07. The number of primary amides is 1. The van der Waals surface area contributed by atoms with E-state index in [4.69, 9.17) is 43.1 Å². The van der Waals surface area contributed by atoms with E-state index in [9.17, 15) is 19.5 Å². The van der Waals surface area contributed by atoms with E-state index in [1.54, 1.807) is 23.1 Å². The molecule has 3 fully saturated rings. The van der Waals surface area contributed by atoms with Gasteiger partial charge in [0.1, 0.15) is 0 Å². The number of rotatable bonds is 9. The molecule has 3 aromatic carbocycles. The summed E-state index contributed by atoms with van der Waals surface area (Å²) in [5.74, 6) is 0.173. The second-order valence-corrected chi connectivity index (χ2v) is 15.0. The lowest BCUT2D eigenvalue weighted by atomic mass is 9.62. The van der Waals surface area contributed by atoms with Crippen molar-refractivity contribution >= 4 is 41.1 Å². The molecule has 3 aliphatic heterocycles. The van der Waals surface area contributed by atoms with Crippen LogP contribution in [-0.2, 0) is 15.6 Å². The molecule has 54 heavy (non-hydrogen) atoms. The third-order valence-electron chi connectivity index (χ3n) is 11.4. The van der Waals surface area contributed by atoms with Crippen molar-refractivity contribution in [3.8, 4) is 17.2 Å². The van der Waals surface area contributed by atoms with E-state index < -0.39 is 16.8 Å². The number of carbonyl (C=O) groups is 3. The van der Waals surface area contributed by atoms with Crippen molar-refractivity contribution in [2.75, 3.05) is 80.7 Å². The zero-order valence-corrected chi connectivity index (χ0v) is 33.2. The summed E-state index contributed by atoms with van der Waals surface area (Å²) in [5, 5.41) is 11.6. The molecule has 14 heteroatoms. The van der Waals surface area contributed by atoms with Gasteiger partial charge in [-0.2, -0.15) is 0 Å². The number of carboxylic acid groups (broad SMARTS) is 1. The van der Waals surface area contributed by atoms with Crippen LogP contribution in [0.4, 0.5) is 4.79 Å². The Balaban J connectivity index is 0.000000486. The van der Waals surface area contributed by atoms with Gasteiger partial charge >= 0.3 is 12.0 Å². The molecule has 0 bridgehead atoms. The molecule has 3 unspecified atom stereocenters. The van der Waals surface area contributed by atoms with Crippen molar-refractivity contribution < 1.29 is 33.7 Å². The van der Waals surface area contributed by atoms with E-state index in [0.29, 0.717) is 71.8 Å². The first kappa shape index (κ1) is 40.9. The molecule has 292 valence electrons. The molecule has 3 aromatic rings. The molecular formula is C40H51Cl2N5O7. The van der Waals surface area contributed by atoms with Gasteiger partial charge in [0.25, 0.3) is 5.91 Å². The Morgan fingerprint density at radius 1 is 0.815 bits per heavy atom. The number of carboxylic acids is 1. The maximum Gasteiger partial charge on any atom is 0.314 e. The number of aliphatic carboxylic acids is 1. The van der Waals surface area contributed by atoms with E-state index in [0.717, 1.165) is 43.9 Å². The second-order valence-electron chi connectivity index (χ2n) is 14.2. The fraction of sp³-hybridized carbons (Fsp3) is 0.475. The number of benzene rings is 3. The molecule has 0 spiro atoms. The number of piperazine rings is 1. The fourth-order valence-corrected chi connectivity index (χ4v) is 8.54. The van der Waals surface area contributed by atoms with Crippen LogP contribution in [0.5, 0.6) is 17.2 Å². The number of urea groups is 1. The molecule has 0 aliphatic carbocycles. The number of piperidine rings is 1. The number of likely N-dealkylation sites (tertiary alicyclic amines) is 2. The standard InChI is InChI=1S/C34H38Cl2N2O6.C6H13N3O/c1-5-37-15-13-33(32(40)41,23-9-7-6-8-10-23)20-29(37)34(24-11-12-25(35)26(36)19-24)14-16-38(21-34)31(39)22-17-27(42-2)30(44-4)28(18-22)43-3;1-8-2-4-9(5-3-8)6(7)10/h6-12,17-19,29H,5,13-16,20-21H2,1-4H3,(H,40,41);2-5H2,1H3,(H2,7,10). The topological polar surface area (TPSA) is 138 Å². The van der Waals surface area contributed by atoms with Crippen LogP contribution in [0.25, 0.3) is 0 Å². The highest BCUT2D eigenvalue weighted by Gasteiger charge is 2.56. The summed E-state index contributed by atoms with van der Waals surface area (Å²) in [5.41, 5.74) is 5.53. The van der Waals surface area contributed by atoms with Crippen molar-refractivity contribution in [1.29, 1.82) is 0 Å². The first-order valence-electron chi connectivity index (χ1n) is 18.1. The van der Waals surface area contributed by atoms with E-state index in [1.807, 2.05) is 54.4 Å². The molecule has 3 amide bonds. The van der Waals surface area contributed by atoms with Crippen LogP contribution >= 0.6 is 23.2 Å². The number of methoxy groups -OCH3 is 3. The molecule has 3 heterocycles. The average molecular weight is 785 g/mol. The van der Waals surface area contributed by atoms with Gasteiger partial charge in [-0.1, -0.05) is 66.5 Å². The molecule has 0 aromatic heterocycles. The van der Waals surface area contributed by atoms with Crippen LogP contribution in [0, 0.1) is 0 Å². The Kier molecular flexibility index (Phi) is 13.3. The number of likely N-dealkylation sites (N-methyl/N-ethyl adjacent to an activating group) is 2. The molecular weight excluding hydrogens is 733 g/mol. The van der Waals surface area contributed by atoms with Gasteiger partial charge in [0, 0.05) is 56.3 Å². The van der Waals surface area contributed by atoms with Crippen molar-refractivity contribution in [3.63, 3.8) is 0 Å². The maximum absolute atomic E-state index is 14.1.